The molecule has 0 atom stereocenters. The second-order valence-corrected chi connectivity index (χ2v) is 17.2. The topological polar surface area (TPSA) is 216 Å². The van der Waals surface area contributed by atoms with Crippen LogP contribution in [-0.2, 0) is 71.4 Å². The van der Waals surface area contributed by atoms with Crippen molar-refractivity contribution in [3.05, 3.63) is 113 Å². The van der Waals surface area contributed by atoms with Gasteiger partial charge in [-0.15, -0.1) is 0 Å². The van der Waals surface area contributed by atoms with Gasteiger partial charge in [-0.25, -0.2) is 4.79 Å². The average Bonchev–Trinajstić information content (AvgIpc) is 3.46. The molecule has 0 unspecified atom stereocenters. The average molecular weight is 1120 g/mol. The number of pyridine rings is 1. The number of amides is 3. The highest BCUT2D eigenvalue weighted by atomic mass is 19.4. The van der Waals surface area contributed by atoms with Crippen LogP contribution >= 0.6 is 0 Å². The van der Waals surface area contributed by atoms with Gasteiger partial charge >= 0.3 is 12.3 Å². The maximum absolute atomic E-state index is 13.7. The Kier molecular flexibility index (Phi) is 32.9. The number of rotatable bonds is 44. The Bertz CT molecular complexity index is 2330. The lowest BCUT2D eigenvalue weighted by Gasteiger charge is -2.23. The Morgan fingerprint density at radius 3 is 1.57 bits per heavy atom. The predicted octanol–water partition coefficient (Wildman–Crippen LogP) is 7.09. The lowest BCUT2D eigenvalue weighted by Crippen LogP contribution is -2.35. The standard InChI is InChI=1S/C56H78F3N5O15/c1-4-63(5-2)49-12-13-51(50(41-49)52-40-47(14-15-60-52)53(65)61-42-44-8-7-11-48(39-44)56(57,58)59)62-54(66)46-10-6-9-45(38-46)43-79-37-36-78-35-34-74-25-23-71-19-17-64(55(67)68)16-18-70-22-24-73-28-29-76-32-33-77-31-30-75-27-26-72-21-20-69-3/h6-15,38-41H,4-5,16-37,42-43H2,1-3H3,(H,61,65)(H,62,66)(H,67,68). The molecule has 4 rings (SSSR count). The van der Waals surface area contributed by atoms with Crippen LogP contribution in [0.25, 0.3) is 11.3 Å². The lowest BCUT2D eigenvalue weighted by atomic mass is 10.0. The van der Waals surface area contributed by atoms with Crippen molar-refractivity contribution < 1.29 is 84.8 Å². The van der Waals surface area contributed by atoms with Crippen LogP contribution in [0.5, 0.6) is 0 Å². The fourth-order valence-electron chi connectivity index (χ4n) is 7.34. The van der Waals surface area contributed by atoms with E-state index in [0.717, 1.165) is 36.5 Å². The SMILES string of the molecule is CCN(CC)c1ccc(NC(=O)c2cccc(COCCOCCOCCOCCN(CCOCCOCCOCCOCCOCCOCCOC)C(=O)O)c2)c(-c2cc(C(=O)NCc3cccc(C(F)(F)F)c3)ccn2)c1. The van der Waals surface area contributed by atoms with Gasteiger partial charge < -0.3 is 77.6 Å². The van der Waals surface area contributed by atoms with Gasteiger partial charge in [0.15, 0.2) is 0 Å². The van der Waals surface area contributed by atoms with E-state index in [-0.39, 0.29) is 57.5 Å². The Labute approximate surface area is 461 Å². The van der Waals surface area contributed by atoms with E-state index in [0.29, 0.717) is 140 Å². The summed E-state index contributed by atoms with van der Waals surface area (Å²) in [4.78, 5) is 46.5. The van der Waals surface area contributed by atoms with E-state index in [1.807, 2.05) is 32.0 Å². The second kappa shape index (κ2) is 39.5. The van der Waals surface area contributed by atoms with Gasteiger partial charge in [0, 0.05) is 68.4 Å². The summed E-state index contributed by atoms with van der Waals surface area (Å²) in [6.07, 6.45) is -4.10. The van der Waals surface area contributed by atoms with Gasteiger partial charge in [0.05, 0.1) is 156 Å². The molecule has 79 heavy (non-hydrogen) atoms. The van der Waals surface area contributed by atoms with Crippen molar-refractivity contribution in [1.82, 2.24) is 15.2 Å². The van der Waals surface area contributed by atoms with Gasteiger partial charge in [-0.2, -0.15) is 13.2 Å². The van der Waals surface area contributed by atoms with Crippen LogP contribution < -0.4 is 15.5 Å². The third kappa shape index (κ3) is 27.3. The Hall–Kier alpha value is -5.83. The molecule has 0 spiro atoms. The number of hydrogen-bond acceptors (Lipinski definition) is 16. The van der Waals surface area contributed by atoms with E-state index >= 15 is 0 Å². The van der Waals surface area contributed by atoms with E-state index in [1.54, 1.807) is 37.4 Å². The smallest absolute Gasteiger partial charge is 0.416 e. The van der Waals surface area contributed by atoms with E-state index in [1.165, 1.54) is 29.3 Å². The molecular weight excluding hydrogens is 1040 g/mol. The minimum absolute atomic E-state index is 0.117. The molecule has 0 aliphatic heterocycles. The van der Waals surface area contributed by atoms with E-state index in [9.17, 15) is 32.7 Å². The molecule has 3 amide bonds. The maximum atomic E-state index is 13.7. The molecule has 0 aliphatic rings. The van der Waals surface area contributed by atoms with Crippen molar-refractivity contribution >= 4 is 29.3 Å². The molecule has 0 aliphatic carbocycles. The quantitative estimate of drug-likeness (QED) is 0.0377. The highest BCUT2D eigenvalue weighted by Crippen LogP contribution is 2.33. The van der Waals surface area contributed by atoms with Crippen molar-refractivity contribution in [2.45, 2.75) is 33.2 Å². The van der Waals surface area contributed by atoms with E-state index < -0.39 is 23.7 Å². The maximum Gasteiger partial charge on any atom is 0.416 e. The lowest BCUT2D eigenvalue weighted by molar-refractivity contribution is -0.137. The van der Waals surface area contributed by atoms with Crippen LogP contribution in [0.4, 0.5) is 29.3 Å². The highest BCUT2D eigenvalue weighted by molar-refractivity contribution is 6.06. The van der Waals surface area contributed by atoms with Crippen molar-refractivity contribution in [2.75, 3.05) is 176 Å². The number of hydrogen-bond donors (Lipinski definition) is 3. The second-order valence-electron chi connectivity index (χ2n) is 17.2. The zero-order valence-corrected chi connectivity index (χ0v) is 45.6. The molecule has 23 heteroatoms. The number of carbonyl (C=O) groups is 3. The van der Waals surface area contributed by atoms with Gasteiger partial charge in [0.2, 0.25) is 0 Å². The number of halogens is 3. The number of anilines is 2. The highest BCUT2D eigenvalue weighted by Gasteiger charge is 2.30. The minimum Gasteiger partial charge on any atom is -0.465 e. The molecular formula is C56H78F3N5O15. The Morgan fingerprint density at radius 1 is 0.557 bits per heavy atom. The van der Waals surface area contributed by atoms with Gasteiger partial charge in [-0.05, 0) is 79.6 Å². The van der Waals surface area contributed by atoms with Crippen molar-refractivity contribution in [3.8, 4) is 11.3 Å². The zero-order valence-electron chi connectivity index (χ0n) is 45.6. The summed E-state index contributed by atoms with van der Waals surface area (Å²) < 4.78 is 99.9. The van der Waals surface area contributed by atoms with Crippen molar-refractivity contribution in [3.63, 3.8) is 0 Å². The number of benzene rings is 3. The summed E-state index contributed by atoms with van der Waals surface area (Å²) in [5.41, 5.74) is 3.20. The normalized spacial score (nSPS) is 11.5. The summed E-state index contributed by atoms with van der Waals surface area (Å²) in [5.74, 6) is -0.881. The molecule has 4 aromatic rings. The van der Waals surface area contributed by atoms with E-state index in [4.69, 9.17) is 52.1 Å². The first-order chi connectivity index (χ1) is 38.4. The van der Waals surface area contributed by atoms with Gasteiger partial charge in [0.25, 0.3) is 11.8 Å². The third-order valence-electron chi connectivity index (χ3n) is 11.5. The Morgan fingerprint density at radius 2 is 1.05 bits per heavy atom. The van der Waals surface area contributed by atoms with E-state index in [2.05, 4.69) is 20.5 Å². The predicted molar refractivity (Wildman–Crippen MR) is 289 cm³/mol. The number of ether oxygens (including phenoxy) is 11. The van der Waals surface area contributed by atoms with Crippen molar-refractivity contribution in [1.29, 1.82) is 0 Å². The first-order valence-electron chi connectivity index (χ1n) is 26.4. The van der Waals surface area contributed by atoms with Crippen LogP contribution in [0.1, 0.15) is 51.3 Å². The zero-order chi connectivity index (χ0) is 56.8. The van der Waals surface area contributed by atoms with Crippen LogP contribution in [0, 0.1) is 0 Å². The molecule has 0 saturated carbocycles. The summed E-state index contributed by atoms with van der Waals surface area (Å²) in [7, 11) is 1.63. The molecule has 0 radical (unpaired) electrons. The molecule has 3 aromatic carbocycles. The van der Waals surface area contributed by atoms with Gasteiger partial charge in [-0.1, -0.05) is 24.3 Å². The number of nitrogens with zero attached hydrogens (tertiary/aromatic N) is 3. The molecule has 0 bridgehead atoms. The van der Waals surface area contributed by atoms with Crippen LogP contribution in [0.15, 0.2) is 85.1 Å². The van der Waals surface area contributed by atoms with Crippen molar-refractivity contribution in [2.24, 2.45) is 0 Å². The number of alkyl halides is 3. The Balaban J connectivity index is 1.05. The summed E-state index contributed by atoms with van der Waals surface area (Å²) in [6.45, 7) is 13.8. The van der Waals surface area contributed by atoms with Crippen LogP contribution in [0.2, 0.25) is 0 Å². The minimum atomic E-state index is -4.51. The number of nitrogens with one attached hydrogen (secondary N) is 2. The molecule has 20 nitrogen and oxygen atoms in total. The number of carbonyl (C=O) groups excluding carboxylic acids is 2. The summed E-state index contributed by atoms with van der Waals surface area (Å²) in [6, 6.07) is 20.5. The molecule has 1 heterocycles. The van der Waals surface area contributed by atoms with Crippen LogP contribution in [0.3, 0.4) is 0 Å². The largest absolute Gasteiger partial charge is 0.465 e. The number of aromatic nitrogens is 1. The molecule has 1 aromatic heterocycles. The number of methoxy groups -OCH3 is 1. The van der Waals surface area contributed by atoms with Gasteiger partial charge in [-0.3, -0.25) is 14.6 Å². The molecule has 0 saturated heterocycles. The first-order valence-corrected chi connectivity index (χ1v) is 26.4. The van der Waals surface area contributed by atoms with Crippen LogP contribution in [-0.4, -0.2) is 198 Å². The molecule has 438 valence electrons. The molecule has 0 fully saturated rings. The third-order valence-corrected chi connectivity index (χ3v) is 11.5. The monoisotopic (exact) mass is 1120 g/mol. The summed E-state index contributed by atoms with van der Waals surface area (Å²) >= 11 is 0. The van der Waals surface area contributed by atoms with Gasteiger partial charge in [0.1, 0.15) is 0 Å². The summed E-state index contributed by atoms with van der Waals surface area (Å²) in [5, 5.41) is 15.2. The fraction of sp³-hybridized carbons (Fsp3) is 0.536. The fourth-order valence-corrected chi connectivity index (χ4v) is 7.34. The number of carboxylic acid groups (broad SMARTS) is 1. The first kappa shape index (κ1) is 65.7. The molecule has 3 N–H and O–H groups in total.